The lowest BCUT2D eigenvalue weighted by Crippen LogP contribution is -2.42. The van der Waals surface area contributed by atoms with E-state index in [2.05, 4.69) is 10.3 Å². The first-order valence-corrected chi connectivity index (χ1v) is 6.65. The fraction of sp³-hybridized carbons (Fsp3) is 0.364. The maximum Gasteiger partial charge on any atom is 0.326 e. The van der Waals surface area contributed by atoms with Gasteiger partial charge in [-0.25, -0.2) is 4.79 Å². The summed E-state index contributed by atoms with van der Waals surface area (Å²) in [4.78, 5) is 36.7. The van der Waals surface area contributed by atoms with Gasteiger partial charge in [0.05, 0.1) is 0 Å². The third-order valence-corrected chi connectivity index (χ3v) is 2.93. The highest BCUT2D eigenvalue weighted by atomic mass is 32.2. The number of carboxylic acid groups (broad SMARTS) is 1. The lowest BCUT2D eigenvalue weighted by atomic mass is 10.2. The summed E-state index contributed by atoms with van der Waals surface area (Å²) in [5.41, 5.74) is -0.534. The minimum absolute atomic E-state index is 0.0899. The number of H-pyrrole nitrogens is 1. The Hall–Kier alpha value is -1.76. The molecule has 0 aliphatic heterocycles. The molecule has 0 saturated heterocycles. The van der Waals surface area contributed by atoms with Crippen molar-refractivity contribution in [3.05, 3.63) is 34.2 Å². The molecule has 0 aliphatic rings. The summed E-state index contributed by atoms with van der Waals surface area (Å²) < 4.78 is 0. The number of rotatable bonds is 6. The molecular weight excluding hydrogens is 256 g/mol. The lowest BCUT2D eigenvalue weighted by molar-refractivity contribution is -0.139. The summed E-state index contributed by atoms with van der Waals surface area (Å²) in [6.07, 6.45) is 4.82. The fourth-order valence-corrected chi connectivity index (χ4v) is 1.79. The van der Waals surface area contributed by atoms with Crippen LogP contribution < -0.4 is 10.7 Å². The Morgan fingerprint density at radius 3 is 2.83 bits per heavy atom. The minimum Gasteiger partial charge on any atom is -0.480 e. The molecule has 98 valence electrons. The maximum absolute atomic E-state index is 11.7. The molecular formula is C11H14N2O4S. The van der Waals surface area contributed by atoms with Crippen LogP contribution in [0.3, 0.4) is 0 Å². The number of pyridine rings is 1. The van der Waals surface area contributed by atoms with Gasteiger partial charge in [-0.05, 0) is 18.4 Å². The average molecular weight is 270 g/mol. The van der Waals surface area contributed by atoms with Crippen LogP contribution in [0.2, 0.25) is 0 Å². The van der Waals surface area contributed by atoms with Crippen LogP contribution in [0.1, 0.15) is 16.8 Å². The number of hydrogen-bond donors (Lipinski definition) is 3. The van der Waals surface area contributed by atoms with Gasteiger partial charge in [0.15, 0.2) is 5.43 Å². The van der Waals surface area contributed by atoms with Crippen LogP contribution >= 0.6 is 11.8 Å². The first-order valence-electron chi connectivity index (χ1n) is 5.26. The molecule has 0 bridgehead atoms. The smallest absolute Gasteiger partial charge is 0.326 e. The van der Waals surface area contributed by atoms with E-state index in [0.29, 0.717) is 12.2 Å². The molecule has 0 aromatic carbocycles. The van der Waals surface area contributed by atoms with Crippen molar-refractivity contribution in [2.45, 2.75) is 12.5 Å². The van der Waals surface area contributed by atoms with Crippen LogP contribution in [0.5, 0.6) is 0 Å². The van der Waals surface area contributed by atoms with Crippen molar-refractivity contribution in [3.63, 3.8) is 0 Å². The zero-order chi connectivity index (χ0) is 13.5. The molecule has 3 N–H and O–H groups in total. The number of carbonyl (C=O) groups is 2. The van der Waals surface area contributed by atoms with Gasteiger partial charge in [0.25, 0.3) is 5.91 Å². The molecule has 6 nitrogen and oxygen atoms in total. The molecule has 0 fully saturated rings. The van der Waals surface area contributed by atoms with E-state index in [1.54, 1.807) is 0 Å². The van der Waals surface area contributed by atoms with E-state index < -0.39 is 23.3 Å². The van der Waals surface area contributed by atoms with E-state index in [9.17, 15) is 14.4 Å². The second-order valence-corrected chi connectivity index (χ2v) is 4.55. The maximum atomic E-state index is 11.7. The van der Waals surface area contributed by atoms with Gasteiger partial charge in [-0.2, -0.15) is 11.8 Å². The molecule has 0 saturated carbocycles. The number of aromatic amines is 1. The number of aromatic nitrogens is 1. The van der Waals surface area contributed by atoms with Crippen molar-refractivity contribution >= 4 is 23.6 Å². The summed E-state index contributed by atoms with van der Waals surface area (Å²) in [6, 6.07) is 0.233. The molecule has 18 heavy (non-hydrogen) atoms. The van der Waals surface area contributed by atoms with Gasteiger partial charge in [0.2, 0.25) is 0 Å². The summed E-state index contributed by atoms with van der Waals surface area (Å²) in [7, 11) is 0. The number of amides is 1. The lowest BCUT2D eigenvalue weighted by Gasteiger charge is -2.13. The molecule has 1 atom stereocenters. The van der Waals surface area contributed by atoms with Gasteiger partial charge < -0.3 is 15.4 Å². The van der Waals surface area contributed by atoms with Crippen molar-refractivity contribution in [1.29, 1.82) is 0 Å². The molecule has 0 radical (unpaired) electrons. The molecule has 0 aliphatic carbocycles. The predicted octanol–water partition coefficient (Wildman–Crippen LogP) is 0.311. The first-order chi connectivity index (χ1) is 8.56. The van der Waals surface area contributed by atoms with Gasteiger partial charge in [-0.3, -0.25) is 9.59 Å². The molecule has 1 aromatic rings. The summed E-state index contributed by atoms with van der Waals surface area (Å²) in [5, 5.41) is 11.3. The van der Waals surface area contributed by atoms with Gasteiger partial charge in [-0.15, -0.1) is 0 Å². The largest absolute Gasteiger partial charge is 0.480 e. The first kappa shape index (κ1) is 14.3. The van der Waals surface area contributed by atoms with E-state index >= 15 is 0 Å². The normalized spacial score (nSPS) is 11.8. The van der Waals surface area contributed by atoms with Crippen molar-refractivity contribution in [2.75, 3.05) is 12.0 Å². The highest BCUT2D eigenvalue weighted by Crippen LogP contribution is 2.02. The molecule has 1 amide bonds. The number of aliphatic carboxylic acids is 1. The van der Waals surface area contributed by atoms with Crippen molar-refractivity contribution in [2.24, 2.45) is 0 Å². The molecule has 0 unspecified atom stereocenters. The summed E-state index contributed by atoms with van der Waals surface area (Å²) >= 11 is 1.49. The topological polar surface area (TPSA) is 99.3 Å². The van der Waals surface area contributed by atoms with Crippen molar-refractivity contribution in [3.8, 4) is 0 Å². The summed E-state index contributed by atoms with van der Waals surface area (Å²) in [5.74, 6) is -1.17. The number of nitrogens with one attached hydrogen (secondary N) is 2. The highest BCUT2D eigenvalue weighted by molar-refractivity contribution is 7.98. The zero-order valence-electron chi connectivity index (χ0n) is 9.80. The zero-order valence-corrected chi connectivity index (χ0v) is 10.6. The molecule has 1 heterocycles. The van der Waals surface area contributed by atoms with Crippen LogP contribution in [0.4, 0.5) is 0 Å². The van der Waals surface area contributed by atoms with E-state index in [4.69, 9.17) is 5.11 Å². The van der Waals surface area contributed by atoms with E-state index in [0.717, 1.165) is 0 Å². The SMILES string of the molecule is CSCC[C@@H](NC(=O)c1c[nH]ccc1=O)C(=O)O. The standard InChI is InChI=1S/C11H14N2O4S/c1-18-5-3-8(11(16)17)13-10(15)7-6-12-4-2-9(7)14/h2,4,6,8H,3,5H2,1H3,(H,12,14)(H,13,15)(H,16,17)/t8-/m1/s1. The number of hydrogen-bond acceptors (Lipinski definition) is 4. The Kier molecular flexibility index (Phi) is 5.44. The Labute approximate surface area is 108 Å². The molecule has 1 aromatic heterocycles. The van der Waals surface area contributed by atoms with Crippen LogP contribution in [-0.4, -0.2) is 40.0 Å². The Bertz CT molecular complexity index is 486. The van der Waals surface area contributed by atoms with Crippen LogP contribution in [0, 0.1) is 0 Å². The van der Waals surface area contributed by atoms with Crippen LogP contribution in [0.15, 0.2) is 23.3 Å². The van der Waals surface area contributed by atoms with Crippen LogP contribution in [0.25, 0.3) is 0 Å². The average Bonchev–Trinajstić information content (AvgIpc) is 2.34. The Morgan fingerprint density at radius 1 is 1.56 bits per heavy atom. The second-order valence-electron chi connectivity index (χ2n) is 3.57. The van der Waals surface area contributed by atoms with Gasteiger partial charge in [0, 0.05) is 18.5 Å². The van der Waals surface area contributed by atoms with Crippen molar-refractivity contribution in [1.82, 2.24) is 10.3 Å². The molecule has 1 rings (SSSR count). The summed E-state index contributed by atoms with van der Waals surface area (Å²) in [6.45, 7) is 0. The Morgan fingerprint density at radius 2 is 2.28 bits per heavy atom. The number of carbonyl (C=O) groups excluding carboxylic acids is 1. The monoisotopic (exact) mass is 270 g/mol. The van der Waals surface area contributed by atoms with E-state index in [-0.39, 0.29) is 5.56 Å². The second kappa shape index (κ2) is 6.85. The predicted molar refractivity (Wildman–Crippen MR) is 69.0 cm³/mol. The fourth-order valence-electron chi connectivity index (χ4n) is 1.32. The van der Waals surface area contributed by atoms with E-state index in [1.807, 2.05) is 6.26 Å². The highest BCUT2D eigenvalue weighted by Gasteiger charge is 2.21. The third kappa shape index (κ3) is 3.92. The van der Waals surface area contributed by atoms with Gasteiger partial charge in [-0.1, -0.05) is 0 Å². The number of carboxylic acids is 1. The molecule has 0 spiro atoms. The quantitative estimate of drug-likeness (QED) is 0.691. The van der Waals surface area contributed by atoms with Crippen molar-refractivity contribution < 1.29 is 14.7 Å². The van der Waals surface area contributed by atoms with Crippen LogP contribution in [-0.2, 0) is 4.79 Å². The minimum atomic E-state index is -1.11. The van der Waals surface area contributed by atoms with E-state index in [1.165, 1.54) is 30.2 Å². The van der Waals surface area contributed by atoms with Gasteiger partial charge in [0.1, 0.15) is 11.6 Å². The Balaban J connectivity index is 2.76. The van der Waals surface area contributed by atoms with Gasteiger partial charge >= 0.3 is 5.97 Å². The third-order valence-electron chi connectivity index (χ3n) is 2.28. The molecule has 7 heteroatoms. The number of thioether (sulfide) groups is 1.